The summed E-state index contributed by atoms with van der Waals surface area (Å²) in [4.78, 5) is 4.31. The molecular weight excluding hydrogens is 327 g/mol. The van der Waals surface area contributed by atoms with E-state index < -0.39 is 0 Å². The molecular formula is C16H11Cl3N2. The molecule has 0 spiro atoms. The number of benzene rings is 2. The first-order valence-corrected chi connectivity index (χ1v) is 7.49. The quantitative estimate of drug-likeness (QED) is 0.652. The third-order valence-corrected chi connectivity index (χ3v) is 4.23. The van der Waals surface area contributed by atoms with Gasteiger partial charge in [0, 0.05) is 23.8 Å². The van der Waals surface area contributed by atoms with Crippen LogP contribution in [0.25, 0.3) is 10.9 Å². The van der Waals surface area contributed by atoms with Crippen molar-refractivity contribution in [1.82, 2.24) is 4.98 Å². The van der Waals surface area contributed by atoms with E-state index in [0.29, 0.717) is 21.6 Å². The molecule has 0 unspecified atom stereocenters. The van der Waals surface area contributed by atoms with Crippen LogP contribution in [0.1, 0.15) is 5.56 Å². The highest BCUT2D eigenvalue weighted by molar-refractivity contribution is 6.42. The van der Waals surface area contributed by atoms with Crippen molar-refractivity contribution in [2.24, 2.45) is 0 Å². The molecule has 0 amide bonds. The molecule has 1 aromatic heterocycles. The summed E-state index contributed by atoms with van der Waals surface area (Å²) in [6.45, 7) is 0.641. The monoisotopic (exact) mass is 336 g/mol. The summed E-state index contributed by atoms with van der Waals surface area (Å²) in [7, 11) is 0. The normalized spacial score (nSPS) is 10.8. The van der Waals surface area contributed by atoms with Crippen molar-refractivity contribution in [2.75, 3.05) is 5.32 Å². The molecule has 0 aliphatic heterocycles. The fourth-order valence-electron chi connectivity index (χ4n) is 2.14. The smallest absolute Gasteiger partial charge is 0.0908 e. The number of rotatable bonds is 3. The minimum absolute atomic E-state index is 0.554. The maximum atomic E-state index is 6.16. The van der Waals surface area contributed by atoms with Crippen molar-refractivity contribution < 1.29 is 0 Å². The third kappa shape index (κ3) is 3.08. The highest BCUT2D eigenvalue weighted by Crippen LogP contribution is 2.29. The molecule has 3 aromatic rings. The molecule has 0 saturated carbocycles. The van der Waals surface area contributed by atoms with E-state index >= 15 is 0 Å². The van der Waals surface area contributed by atoms with Gasteiger partial charge in [0.05, 0.1) is 20.6 Å². The molecule has 21 heavy (non-hydrogen) atoms. The molecule has 2 aromatic carbocycles. The van der Waals surface area contributed by atoms with Gasteiger partial charge in [-0.05, 0) is 42.0 Å². The Balaban J connectivity index is 1.88. The third-order valence-electron chi connectivity index (χ3n) is 3.19. The lowest BCUT2D eigenvalue weighted by Crippen LogP contribution is -2.00. The van der Waals surface area contributed by atoms with Gasteiger partial charge in [0.25, 0.3) is 0 Å². The van der Waals surface area contributed by atoms with Gasteiger partial charge in [-0.3, -0.25) is 4.98 Å². The number of fused-ring (bicyclic) bond motifs is 1. The molecule has 1 heterocycles. The second-order valence-electron chi connectivity index (χ2n) is 4.60. The SMILES string of the molecule is Clc1ccc(CNc2ccc(Cl)c3ncccc23)cc1Cl. The molecule has 3 rings (SSSR count). The van der Waals surface area contributed by atoms with Gasteiger partial charge >= 0.3 is 0 Å². The Hall–Kier alpha value is -1.48. The van der Waals surface area contributed by atoms with Crippen LogP contribution >= 0.6 is 34.8 Å². The summed E-state index contributed by atoms with van der Waals surface area (Å²) in [5.41, 5.74) is 2.82. The second kappa shape index (κ2) is 6.10. The summed E-state index contributed by atoms with van der Waals surface area (Å²) >= 11 is 18.1. The summed E-state index contributed by atoms with van der Waals surface area (Å²) in [5, 5.41) is 6.12. The maximum absolute atomic E-state index is 6.16. The average molecular weight is 338 g/mol. The molecule has 0 aliphatic carbocycles. The van der Waals surface area contributed by atoms with E-state index in [1.807, 2.05) is 36.4 Å². The summed E-state index contributed by atoms with van der Waals surface area (Å²) in [6, 6.07) is 13.3. The largest absolute Gasteiger partial charge is 0.380 e. The van der Waals surface area contributed by atoms with Gasteiger partial charge in [-0.1, -0.05) is 40.9 Å². The van der Waals surface area contributed by atoms with Crippen molar-refractivity contribution in [3.63, 3.8) is 0 Å². The lowest BCUT2D eigenvalue weighted by atomic mass is 10.1. The van der Waals surface area contributed by atoms with Crippen LogP contribution in [-0.2, 0) is 6.54 Å². The number of aromatic nitrogens is 1. The molecule has 106 valence electrons. The molecule has 2 nitrogen and oxygen atoms in total. The van der Waals surface area contributed by atoms with Gasteiger partial charge in [0.15, 0.2) is 0 Å². The summed E-state index contributed by atoms with van der Waals surface area (Å²) in [5.74, 6) is 0. The Bertz CT molecular complexity index is 803. The Morgan fingerprint density at radius 2 is 1.71 bits per heavy atom. The molecule has 0 fully saturated rings. The lowest BCUT2D eigenvalue weighted by Gasteiger charge is -2.11. The number of hydrogen-bond donors (Lipinski definition) is 1. The Labute approximate surface area is 137 Å². The van der Waals surface area contributed by atoms with Crippen LogP contribution in [0.4, 0.5) is 5.69 Å². The van der Waals surface area contributed by atoms with Gasteiger partial charge < -0.3 is 5.32 Å². The zero-order chi connectivity index (χ0) is 14.8. The van der Waals surface area contributed by atoms with Gasteiger partial charge in [-0.15, -0.1) is 0 Å². The average Bonchev–Trinajstić information content (AvgIpc) is 2.50. The molecule has 5 heteroatoms. The minimum Gasteiger partial charge on any atom is -0.380 e. The minimum atomic E-state index is 0.554. The van der Waals surface area contributed by atoms with Crippen LogP contribution in [0.2, 0.25) is 15.1 Å². The highest BCUT2D eigenvalue weighted by Gasteiger charge is 2.06. The van der Waals surface area contributed by atoms with Gasteiger partial charge in [0.1, 0.15) is 0 Å². The maximum Gasteiger partial charge on any atom is 0.0908 e. The molecule has 0 bridgehead atoms. The molecule has 0 atom stereocenters. The first-order chi connectivity index (χ1) is 10.1. The van der Waals surface area contributed by atoms with Gasteiger partial charge in [-0.2, -0.15) is 0 Å². The molecule has 0 saturated heterocycles. The topological polar surface area (TPSA) is 24.9 Å². The summed E-state index contributed by atoms with van der Waals surface area (Å²) < 4.78 is 0. The van der Waals surface area contributed by atoms with E-state index in [4.69, 9.17) is 34.8 Å². The fourth-order valence-corrected chi connectivity index (χ4v) is 2.67. The Morgan fingerprint density at radius 3 is 2.52 bits per heavy atom. The number of hydrogen-bond acceptors (Lipinski definition) is 2. The van der Waals surface area contributed by atoms with Crippen LogP contribution < -0.4 is 5.32 Å². The Morgan fingerprint density at radius 1 is 0.905 bits per heavy atom. The van der Waals surface area contributed by atoms with Crippen molar-refractivity contribution in [3.8, 4) is 0 Å². The predicted octanol–water partition coefficient (Wildman–Crippen LogP) is 5.81. The standard InChI is InChI=1S/C16H11Cl3N2/c17-12-4-3-10(8-14(12)19)9-21-15-6-5-13(18)16-11(15)2-1-7-20-16/h1-8,21H,9H2. The van der Waals surface area contributed by atoms with E-state index in [-0.39, 0.29) is 0 Å². The van der Waals surface area contributed by atoms with Gasteiger partial charge in [0.2, 0.25) is 0 Å². The first kappa shape index (κ1) is 14.5. The van der Waals surface area contributed by atoms with E-state index in [1.165, 1.54) is 0 Å². The van der Waals surface area contributed by atoms with E-state index in [0.717, 1.165) is 22.2 Å². The summed E-state index contributed by atoms with van der Waals surface area (Å²) in [6.07, 6.45) is 1.73. The molecule has 0 aliphatic rings. The second-order valence-corrected chi connectivity index (χ2v) is 5.82. The van der Waals surface area contributed by atoms with E-state index in [2.05, 4.69) is 10.3 Å². The lowest BCUT2D eigenvalue weighted by molar-refractivity contribution is 1.15. The van der Waals surface area contributed by atoms with Crippen molar-refractivity contribution in [2.45, 2.75) is 6.54 Å². The highest BCUT2D eigenvalue weighted by atomic mass is 35.5. The van der Waals surface area contributed by atoms with Crippen molar-refractivity contribution >= 4 is 51.4 Å². The predicted molar refractivity (Wildman–Crippen MR) is 90.5 cm³/mol. The van der Waals surface area contributed by atoms with Crippen LogP contribution in [0, 0.1) is 0 Å². The van der Waals surface area contributed by atoms with E-state index in [9.17, 15) is 0 Å². The zero-order valence-electron chi connectivity index (χ0n) is 10.9. The number of pyridine rings is 1. The van der Waals surface area contributed by atoms with Crippen LogP contribution in [0.3, 0.4) is 0 Å². The van der Waals surface area contributed by atoms with Crippen molar-refractivity contribution in [1.29, 1.82) is 0 Å². The van der Waals surface area contributed by atoms with Crippen LogP contribution in [0.15, 0.2) is 48.7 Å². The van der Waals surface area contributed by atoms with Crippen LogP contribution in [-0.4, -0.2) is 4.98 Å². The van der Waals surface area contributed by atoms with Gasteiger partial charge in [-0.25, -0.2) is 0 Å². The number of nitrogens with one attached hydrogen (secondary N) is 1. The number of anilines is 1. The molecule has 0 radical (unpaired) electrons. The first-order valence-electron chi connectivity index (χ1n) is 6.36. The Kier molecular flexibility index (Phi) is 4.20. The molecule has 1 N–H and O–H groups in total. The number of halogens is 3. The van der Waals surface area contributed by atoms with Crippen molar-refractivity contribution in [3.05, 3.63) is 69.3 Å². The van der Waals surface area contributed by atoms with E-state index in [1.54, 1.807) is 12.3 Å². The van der Waals surface area contributed by atoms with Crippen LogP contribution in [0.5, 0.6) is 0 Å². The fraction of sp³-hybridized carbons (Fsp3) is 0.0625. The zero-order valence-corrected chi connectivity index (χ0v) is 13.2. The number of nitrogens with zero attached hydrogens (tertiary/aromatic N) is 1.